The van der Waals surface area contributed by atoms with Crippen LogP contribution in [0.25, 0.3) is 17.4 Å². The predicted molar refractivity (Wildman–Crippen MR) is 158 cm³/mol. The molecule has 1 heterocycles. The van der Waals surface area contributed by atoms with Crippen molar-refractivity contribution in [2.75, 3.05) is 25.6 Å². The second-order valence-electron chi connectivity index (χ2n) is 9.06. The first-order valence-electron chi connectivity index (χ1n) is 12.9. The first kappa shape index (κ1) is 28.6. The number of nitrogens with one attached hydrogen (secondary N) is 2. The van der Waals surface area contributed by atoms with Gasteiger partial charge in [0, 0.05) is 30.9 Å². The summed E-state index contributed by atoms with van der Waals surface area (Å²) in [7, 11) is 3.87. The molecule has 0 saturated heterocycles. The Kier molecular flexibility index (Phi) is 9.45. The van der Waals surface area contributed by atoms with Gasteiger partial charge in [0.2, 0.25) is 0 Å². The highest BCUT2D eigenvalue weighted by Crippen LogP contribution is 2.22. The zero-order chi connectivity index (χ0) is 29.2. The van der Waals surface area contributed by atoms with Crippen molar-refractivity contribution in [2.24, 2.45) is 5.10 Å². The number of amides is 2. The summed E-state index contributed by atoms with van der Waals surface area (Å²) in [6.45, 7) is 2.06. The van der Waals surface area contributed by atoms with Crippen molar-refractivity contribution in [1.82, 2.24) is 10.7 Å². The van der Waals surface area contributed by atoms with Gasteiger partial charge in [0.05, 0.1) is 18.4 Å². The number of ether oxygens (including phenoxy) is 1. The van der Waals surface area contributed by atoms with Crippen LogP contribution in [0.1, 0.15) is 39.0 Å². The summed E-state index contributed by atoms with van der Waals surface area (Å²) in [6, 6.07) is 26.4. The fraction of sp³-hybridized carbons (Fsp3) is 0.125. The average molecular weight is 551 g/mol. The van der Waals surface area contributed by atoms with Crippen LogP contribution in [0.4, 0.5) is 5.69 Å². The standard InChI is InChI=1S/C32H30N4O5/c1-4-40-32(39)25-14-12-23(13-15-25)29-19-18-27(41-29)21-33-35-31(38)28(34-30(37)24-8-6-5-7-9-24)20-22-10-16-26(17-11-22)36(2)3/h5-21H,4H2,1-3H3,(H,34,37)(H,35,38)/b28-20-,33-21-. The molecule has 4 rings (SSSR count). The number of furan rings is 1. The molecule has 0 unspecified atom stereocenters. The highest BCUT2D eigenvalue weighted by Gasteiger charge is 2.15. The highest BCUT2D eigenvalue weighted by molar-refractivity contribution is 6.05. The normalized spacial score (nSPS) is 11.2. The lowest BCUT2D eigenvalue weighted by Gasteiger charge is -2.12. The molecule has 0 aliphatic carbocycles. The monoisotopic (exact) mass is 550 g/mol. The molecule has 2 amide bonds. The number of hydrazone groups is 1. The van der Waals surface area contributed by atoms with Crippen molar-refractivity contribution in [3.63, 3.8) is 0 Å². The van der Waals surface area contributed by atoms with Gasteiger partial charge in [-0.05, 0) is 67.1 Å². The van der Waals surface area contributed by atoms with E-state index in [1.54, 1.807) is 79.7 Å². The lowest BCUT2D eigenvalue weighted by molar-refractivity contribution is -0.117. The van der Waals surface area contributed by atoms with E-state index in [4.69, 9.17) is 9.15 Å². The molecule has 0 radical (unpaired) electrons. The van der Waals surface area contributed by atoms with E-state index in [9.17, 15) is 14.4 Å². The first-order chi connectivity index (χ1) is 19.8. The molecule has 0 fully saturated rings. The molecule has 9 nitrogen and oxygen atoms in total. The molecule has 0 aliphatic heterocycles. The molecule has 3 aromatic carbocycles. The Labute approximate surface area is 238 Å². The zero-order valence-electron chi connectivity index (χ0n) is 23.0. The molecule has 2 N–H and O–H groups in total. The molecule has 41 heavy (non-hydrogen) atoms. The zero-order valence-corrected chi connectivity index (χ0v) is 23.0. The Morgan fingerprint density at radius 2 is 1.59 bits per heavy atom. The van der Waals surface area contributed by atoms with Gasteiger partial charge in [-0.25, -0.2) is 10.2 Å². The molecule has 0 aliphatic rings. The van der Waals surface area contributed by atoms with Gasteiger partial charge < -0.3 is 19.4 Å². The number of hydrogen-bond donors (Lipinski definition) is 2. The van der Waals surface area contributed by atoms with E-state index >= 15 is 0 Å². The smallest absolute Gasteiger partial charge is 0.338 e. The molecule has 0 atom stereocenters. The largest absolute Gasteiger partial charge is 0.462 e. The van der Waals surface area contributed by atoms with Gasteiger partial charge in [0.15, 0.2) is 0 Å². The van der Waals surface area contributed by atoms with Crippen LogP contribution in [0.5, 0.6) is 0 Å². The maximum absolute atomic E-state index is 13.1. The van der Waals surface area contributed by atoms with Crippen molar-refractivity contribution >= 4 is 35.8 Å². The summed E-state index contributed by atoms with van der Waals surface area (Å²) in [6.07, 6.45) is 2.94. The maximum atomic E-state index is 13.1. The lowest BCUT2D eigenvalue weighted by Crippen LogP contribution is -2.32. The number of carbonyl (C=O) groups is 3. The molecule has 1 aromatic heterocycles. The van der Waals surface area contributed by atoms with Gasteiger partial charge in [-0.15, -0.1) is 0 Å². The minimum absolute atomic E-state index is 0.0235. The van der Waals surface area contributed by atoms with E-state index in [2.05, 4.69) is 15.8 Å². The second kappa shape index (κ2) is 13.6. The fourth-order valence-electron chi connectivity index (χ4n) is 3.75. The Morgan fingerprint density at radius 3 is 2.24 bits per heavy atom. The van der Waals surface area contributed by atoms with Crippen molar-refractivity contribution < 1.29 is 23.5 Å². The quantitative estimate of drug-likeness (QED) is 0.123. The Morgan fingerprint density at radius 1 is 0.878 bits per heavy atom. The molecule has 0 saturated carbocycles. The van der Waals surface area contributed by atoms with E-state index in [0.29, 0.717) is 29.3 Å². The maximum Gasteiger partial charge on any atom is 0.338 e. The van der Waals surface area contributed by atoms with Crippen molar-refractivity contribution in [3.8, 4) is 11.3 Å². The summed E-state index contributed by atoms with van der Waals surface area (Å²) in [5.74, 6) is -0.465. The van der Waals surface area contributed by atoms with Gasteiger partial charge in [-0.3, -0.25) is 9.59 Å². The lowest BCUT2D eigenvalue weighted by atomic mass is 10.1. The first-order valence-corrected chi connectivity index (χ1v) is 12.9. The van der Waals surface area contributed by atoms with Gasteiger partial charge in [0.1, 0.15) is 17.2 Å². The highest BCUT2D eigenvalue weighted by atomic mass is 16.5. The number of carbonyl (C=O) groups excluding carboxylic acids is 3. The van der Waals surface area contributed by atoms with Crippen LogP contribution in [0.2, 0.25) is 0 Å². The summed E-state index contributed by atoms with van der Waals surface area (Å²) in [5, 5.41) is 6.69. The second-order valence-corrected chi connectivity index (χ2v) is 9.06. The van der Waals surface area contributed by atoms with Crippen LogP contribution in [0.15, 0.2) is 106 Å². The Hall–Kier alpha value is -5.44. The van der Waals surface area contributed by atoms with Gasteiger partial charge >= 0.3 is 5.97 Å². The number of rotatable bonds is 10. The SMILES string of the molecule is CCOC(=O)c1ccc(-c2ccc(/C=N\NC(=O)/C(=C/c3ccc(N(C)C)cc3)NC(=O)c3ccccc3)o2)cc1. The van der Waals surface area contributed by atoms with Gasteiger partial charge in [-0.1, -0.05) is 42.5 Å². The minimum Gasteiger partial charge on any atom is -0.462 e. The third-order valence-electron chi connectivity index (χ3n) is 5.91. The van der Waals surface area contributed by atoms with E-state index < -0.39 is 11.8 Å². The number of nitrogens with zero attached hydrogens (tertiary/aromatic N) is 2. The third kappa shape index (κ3) is 7.79. The van der Waals surface area contributed by atoms with Crippen LogP contribution in [0, 0.1) is 0 Å². The van der Waals surface area contributed by atoms with Crippen molar-refractivity contribution in [2.45, 2.75) is 6.92 Å². The summed E-state index contributed by atoms with van der Waals surface area (Å²) < 4.78 is 10.8. The molecule has 9 heteroatoms. The fourth-order valence-corrected chi connectivity index (χ4v) is 3.75. The number of esters is 1. The Balaban J connectivity index is 1.47. The minimum atomic E-state index is -0.608. The van der Waals surface area contributed by atoms with E-state index in [1.165, 1.54) is 6.21 Å². The number of anilines is 1. The van der Waals surface area contributed by atoms with E-state index in [0.717, 1.165) is 16.8 Å². The van der Waals surface area contributed by atoms with Crippen LogP contribution >= 0.6 is 0 Å². The topological polar surface area (TPSA) is 113 Å². The number of benzene rings is 3. The summed E-state index contributed by atoms with van der Waals surface area (Å²) in [5.41, 5.74) is 5.81. The summed E-state index contributed by atoms with van der Waals surface area (Å²) in [4.78, 5) is 39.7. The van der Waals surface area contributed by atoms with Gasteiger partial charge in [0.25, 0.3) is 11.8 Å². The molecule has 0 spiro atoms. The predicted octanol–water partition coefficient (Wildman–Crippen LogP) is 5.11. The number of hydrogen-bond acceptors (Lipinski definition) is 7. The Bertz CT molecular complexity index is 1550. The average Bonchev–Trinajstić information content (AvgIpc) is 3.46. The van der Waals surface area contributed by atoms with Crippen molar-refractivity contribution in [1.29, 1.82) is 0 Å². The molecular weight excluding hydrogens is 520 g/mol. The summed E-state index contributed by atoms with van der Waals surface area (Å²) >= 11 is 0. The third-order valence-corrected chi connectivity index (χ3v) is 5.91. The van der Waals surface area contributed by atoms with Crippen LogP contribution < -0.4 is 15.6 Å². The molecule has 0 bridgehead atoms. The molecule has 4 aromatic rings. The molecular formula is C32H30N4O5. The van der Waals surface area contributed by atoms with Crippen LogP contribution in [-0.4, -0.2) is 44.7 Å². The van der Waals surface area contributed by atoms with Crippen LogP contribution in [0.3, 0.4) is 0 Å². The van der Waals surface area contributed by atoms with Gasteiger partial charge in [-0.2, -0.15) is 5.10 Å². The van der Waals surface area contributed by atoms with Crippen LogP contribution in [-0.2, 0) is 9.53 Å². The van der Waals surface area contributed by atoms with Crippen molar-refractivity contribution in [3.05, 3.63) is 119 Å². The molecule has 208 valence electrons. The van der Waals surface area contributed by atoms with E-state index in [-0.39, 0.29) is 11.7 Å². The van der Waals surface area contributed by atoms with E-state index in [1.807, 2.05) is 43.3 Å².